The summed E-state index contributed by atoms with van der Waals surface area (Å²) in [5.41, 5.74) is 1.52. The lowest BCUT2D eigenvalue weighted by Crippen LogP contribution is -2.32. The molecule has 1 fully saturated rings. The molecule has 0 aromatic heterocycles. The highest BCUT2D eigenvalue weighted by molar-refractivity contribution is 5.97. The third-order valence-corrected chi connectivity index (χ3v) is 3.84. The Morgan fingerprint density at radius 3 is 2.65 bits per heavy atom. The summed E-state index contributed by atoms with van der Waals surface area (Å²) in [7, 11) is 0. The molecule has 1 unspecified atom stereocenters. The Labute approximate surface area is 118 Å². The third kappa shape index (κ3) is 2.59. The monoisotopic (exact) mass is 270 g/mol. The van der Waals surface area contributed by atoms with Gasteiger partial charge in [-0.2, -0.15) is 0 Å². The Kier molecular flexibility index (Phi) is 3.54. The molecule has 3 rings (SSSR count). The predicted octanol–water partition coefficient (Wildman–Crippen LogP) is 2.26. The zero-order valence-electron chi connectivity index (χ0n) is 11.3. The Morgan fingerprint density at radius 1 is 1.25 bits per heavy atom. The maximum absolute atomic E-state index is 12.1. The first-order valence-electron chi connectivity index (χ1n) is 7.12. The summed E-state index contributed by atoms with van der Waals surface area (Å²) in [6, 6.07) is 7.43. The molecule has 0 spiro atoms. The number of amides is 2. The molecule has 1 aromatic rings. The molecular formula is C16H18N2O2. The molecule has 1 N–H and O–H groups in total. The molecule has 0 bridgehead atoms. The fourth-order valence-corrected chi connectivity index (χ4v) is 2.72. The van der Waals surface area contributed by atoms with E-state index in [0.717, 1.165) is 31.5 Å². The van der Waals surface area contributed by atoms with Crippen LogP contribution in [0.1, 0.15) is 36.0 Å². The first kappa shape index (κ1) is 12.9. The van der Waals surface area contributed by atoms with Crippen molar-refractivity contribution in [3.8, 4) is 0 Å². The van der Waals surface area contributed by atoms with E-state index in [4.69, 9.17) is 0 Å². The molecule has 2 amide bonds. The van der Waals surface area contributed by atoms with E-state index < -0.39 is 0 Å². The van der Waals surface area contributed by atoms with Gasteiger partial charge in [-0.1, -0.05) is 12.2 Å². The number of nitrogens with one attached hydrogen (secondary N) is 1. The second-order valence-electron chi connectivity index (χ2n) is 5.28. The highest BCUT2D eigenvalue weighted by Crippen LogP contribution is 2.21. The predicted molar refractivity (Wildman–Crippen MR) is 77.7 cm³/mol. The number of hydrogen-bond donors (Lipinski definition) is 1. The van der Waals surface area contributed by atoms with Crippen molar-refractivity contribution in [2.24, 2.45) is 0 Å². The van der Waals surface area contributed by atoms with Gasteiger partial charge in [0.2, 0.25) is 5.91 Å². The molecule has 1 aliphatic carbocycles. The topological polar surface area (TPSA) is 49.4 Å². The van der Waals surface area contributed by atoms with Gasteiger partial charge in [0.05, 0.1) is 0 Å². The Hall–Kier alpha value is -2.10. The van der Waals surface area contributed by atoms with Crippen LogP contribution in [0.2, 0.25) is 0 Å². The van der Waals surface area contributed by atoms with Gasteiger partial charge >= 0.3 is 0 Å². The van der Waals surface area contributed by atoms with Gasteiger partial charge in [-0.3, -0.25) is 9.59 Å². The fourth-order valence-electron chi connectivity index (χ4n) is 2.72. The smallest absolute Gasteiger partial charge is 0.251 e. The lowest BCUT2D eigenvalue weighted by atomic mass is 10.1. The largest absolute Gasteiger partial charge is 0.346 e. The summed E-state index contributed by atoms with van der Waals surface area (Å²) < 4.78 is 0. The molecule has 1 aliphatic heterocycles. The Balaban J connectivity index is 1.67. The van der Waals surface area contributed by atoms with Crippen molar-refractivity contribution in [1.29, 1.82) is 0 Å². The number of benzene rings is 1. The van der Waals surface area contributed by atoms with Gasteiger partial charge in [0.15, 0.2) is 0 Å². The normalized spacial score (nSPS) is 21.5. The quantitative estimate of drug-likeness (QED) is 0.856. The molecule has 104 valence electrons. The Morgan fingerprint density at radius 2 is 2.05 bits per heavy atom. The maximum Gasteiger partial charge on any atom is 0.251 e. The first-order valence-corrected chi connectivity index (χ1v) is 7.12. The summed E-state index contributed by atoms with van der Waals surface area (Å²) in [5.74, 6) is 0.110. The average molecular weight is 270 g/mol. The van der Waals surface area contributed by atoms with Crippen LogP contribution in [0.4, 0.5) is 5.69 Å². The highest BCUT2D eigenvalue weighted by atomic mass is 16.2. The molecule has 1 heterocycles. The number of hydrogen-bond acceptors (Lipinski definition) is 2. The molecule has 1 atom stereocenters. The fraction of sp³-hybridized carbons (Fsp3) is 0.375. The molecule has 20 heavy (non-hydrogen) atoms. The zero-order valence-corrected chi connectivity index (χ0v) is 11.3. The highest BCUT2D eigenvalue weighted by Gasteiger charge is 2.21. The van der Waals surface area contributed by atoms with Gasteiger partial charge in [0.25, 0.3) is 5.91 Å². The van der Waals surface area contributed by atoms with E-state index >= 15 is 0 Å². The number of anilines is 1. The summed E-state index contributed by atoms with van der Waals surface area (Å²) in [4.78, 5) is 25.5. The minimum atomic E-state index is -0.0548. The molecule has 2 aliphatic rings. The first-order chi connectivity index (χ1) is 9.74. The van der Waals surface area contributed by atoms with E-state index in [9.17, 15) is 9.59 Å². The number of carbonyl (C=O) groups excluding carboxylic acids is 2. The number of carbonyl (C=O) groups is 2. The summed E-state index contributed by atoms with van der Waals surface area (Å²) >= 11 is 0. The van der Waals surface area contributed by atoms with Crippen LogP contribution in [0.25, 0.3) is 0 Å². The van der Waals surface area contributed by atoms with E-state index in [1.165, 1.54) is 0 Å². The van der Waals surface area contributed by atoms with Crippen LogP contribution in [-0.4, -0.2) is 24.4 Å². The van der Waals surface area contributed by atoms with Gasteiger partial charge in [-0.05, 0) is 43.5 Å². The van der Waals surface area contributed by atoms with Crippen LogP contribution in [0.5, 0.6) is 0 Å². The molecule has 4 nitrogen and oxygen atoms in total. The summed E-state index contributed by atoms with van der Waals surface area (Å²) in [5, 5.41) is 2.99. The number of nitrogens with zero attached hydrogens (tertiary/aromatic N) is 1. The van der Waals surface area contributed by atoms with Crippen molar-refractivity contribution in [2.75, 3.05) is 11.4 Å². The minimum absolute atomic E-state index is 0.0548. The van der Waals surface area contributed by atoms with E-state index in [2.05, 4.69) is 11.4 Å². The molecule has 1 saturated heterocycles. The average Bonchev–Trinajstić information content (AvgIpc) is 3.10. The molecular weight excluding hydrogens is 252 g/mol. The third-order valence-electron chi connectivity index (χ3n) is 3.84. The van der Waals surface area contributed by atoms with Crippen LogP contribution in [0.15, 0.2) is 36.4 Å². The van der Waals surface area contributed by atoms with E-state index in [1.807, 2.05) is 18.2 Å². The van der Waals surface area contributed by atoms with Gasteiger partial charge < -0.3 is 10.2 Å². The second-order valence-corrected chi connectivity index (χ2v) is 5.28. The van der Waals surface area contributed by atoms with Crippen molar-refractivity contribution < 1.29 is 9.59 Å². The van der Waals surface area contributed by atoms with Crippen LogP contribution in [0, 0.1) is 0 Å². The van der Waals surface area contributed by atoms with Crippen molar-refractivity contribution in [1.82, 2.24) is 5.32 Å². The van der Waals surface area contributed by atoms with Crippen LogP contribution in [0.3, 0.4) is 0 Å². The maximum atomic E-state index is 12.1. The van der Waals surface area contributed by atoms with Crippen LogP contribution >= 0.6 is 0 Å². The SMILES string of the molecule is O=C(NC1C=CCC1)c1ccc(N2CCCC2=O)cc1. The number of rotatable bonds is 3. The second kappa shape index (κ2) is 5.49. The van der Waals surface area contributed by atoms with Gasteiger partial charge in [0, 0.05) is 30.3 Å². The summed E-state index contributed by atoms with van der Waals surface area (Å²) in [6.07, 6.45) is 7.67. The van der Waals surface area contributed by atoms with Gasteiger partial charge in [-0.25, -0.2) is 0 Å². The number of allylic oxidation sites excluding steroid dienone is 1. The van der Waals surface area contributed by atoms with Crippen LogP contribution in [-0.2, 0) is 4.79 Å². The molecule has 0 radical (unpaired) electrons. The van der Waals surface area contributed by atoms with Crippen LogP contribution < -0.4 is 10.2 Å². The van der Waals surface area contributed by atoms with Gasteiger partial charge in [-0.15, -0.1) is 0 Å². The standard InChI is InChI=1S/C16H18N2O2/c19-15-6-3-11-18(15)14-9-7-12(8-10-14)16(20)17-13-4-1-2-5-13/h1,4,7-10,13H,2-3,5-6,11H2,(H,17,20). The van der Waals surface area contributed by atoms with Crippen molar-refractivity contribution >= 4 is 17.5 Å². The minimum Gasteiger partial charge on any atom is -0.346 e. The molecule has 1 aromatic carbocycles. The Bertz CT molecular complexity index is 548. The van der Waals surface area contributed by atoms with Crippen molar-refractivity contribution in [2.45, 2.75) is 31.7 Å². The van der Waals surface area contributed by atoms with E-state index in [-0.39, 0.29) is 17.9 Å². The molecule has 0 saturated carbocycles. The van der Waals surface area contributed by atoms with Crippen molar-refractivity contribution in [3.05, 3.63) is 42.0 Å². The van der Waals surface area contributed by atoms with E-state index in [0.29, 0.717) is 12.0 Å². The summed E-state index contributed by atoms with van der Waals surface area (Å²) in [6.45, 7) is 0.775. The zero-order chi connectivity index (χ0) is 13.9. The lowest BCUT2D eigenvalue weighted by molar-refractivity contribution is -0.117. The van der Waals surface area contributed by atoms with Crippen molar-refractivity contribution in [3.63, 3.8) is 0 Å². The molecule has 4 heteroatoms. The van der Waals surface area contributed by atoms with E-state index in [1.54, 1.807) is 17.0 Å². The lowest BCUT2D eigenvalue weighted by Gasteiger charge is -2.16. The van der Waals surface area contributed by atoms with Gasteiger partial charge in [0.1, 0.15) is 0 Å².